The van der Waals surface area contributed by atoms with Crippen LogP contribution in [-0.2, 0) is 4.79 Å². The number of nitrogens with zero attached hydrogens (tertiary/aromatic N) is 3. The van der Waals surface area contributed by atoms with Crippen LogP contribution in [0.4, 0.5) is 5.13 Å². The first-order chi connectivity index (χ1) is 12.0. The second kappa shape index (κ2) is 8.71. The van der Waals surface area contributed by atoms with E-state index in [-0.39, 0.29) is 0 Å². The van der Waals surface area contributed by atoms with Gasteiger partial charge in [0.1, 0.15) is 0 Å². The lowest BCUT2D eigenvalue weighted by Crippen LogP contribution is -2.44. The molecule has 1 amide bonds. The Morgan fingerprint density at radius 3 is 2.44 bits per heavy atom. The standard InChI is InChI=1S/C18H30N4OS2/c1-12(2)10-19-17-20-21-18(25-17)24-11-16(23)22(15-8-9-15)14-6-4-13(3)5-7-14/h12-15H,4-11H2,1-3H3,(H,19,20). The molecule has 1 aromatic heterocycles. The minimum absolute atomic E-state index is 0.291. The smallest absolute Gasteiger partial charge is 0.233 e. The van der Waals surface area contributed by atoms with Crippen LogP contribution in [0.1, 0.15) is 59.3 Å². The normalized spacial score (nSPS) is 23.7. The molecule has 0 bridgehead atoms. The number of amides is 1. The Bertz CT molecular complexity index is 565. The largest absolute Gasteiger partial charge is 0.360 e. The van der Waals surface area contributed by atoms with Crippen molar-refractivity contribution in [2.24, 2.45) is 11.8 Å². The monoisotopic (exact) mass is 382 g/mol. The summed E-state index contributed by atoms with van der Waals surface area (Å²) in [5.74, 6) is 2.17. The zero-order valence-corrected chi connectivity index (χ0v) is 17.2. The highest BCUT2D eigenvalue weighted by Crippen LogP contribution is 2.36. The van der Waals surface area contributed by atoms with Gasteiger partial charge in [0, 0.05) is 18.6 Å². The molecule has 2 aliphatic carbocycles. The lowest BCUT2D eigenvalue weighted by atomic mass is 9.86. The Morgan fingerprint density at radius 1 is 1.20 bits per heavy atom. The summed E-state index contributed by atoms with van der Waals surface area (Å²) >= 11 is 3.08. The first kappa shape index (κ1) is 19.0. The van der Waals surface area contributed by atoms with Crippen molar-refractivity contribution >= 4 is 34.1 Å². The van der Waals surface area contributed by atoms with Gasteiger partial charge in [0.2, 0.25) is 11.0 Å². The van der Waals surface area contributed by atoms with E-state index in [0.717, 1.165) is 21.9 Å². The fourth-order valence-electron chi connectivity index (χ4n) is 3.41. The van der Waals surface area contributed by atoms with E-state index >= 15 is 0 Å². The van der Waals surface area contributed by atoms with Gasteiger partial charge in [-0.2, -0.15) is 0 Å². The van der Waals surface area contributed by atoms with Crippen LogP contribution in [-0.4, -0.2) is 45.4 Å². The van der Waals surface area contributed by atoms with Crippen LogP contribution in [0.25, 0.3) is 0 Å². The fraction of sp³-hybridized carbons (Fsp3) is 0.833. The second-order valence-electron chi connectivity index (χ2n) is 7.88. The number of aromatic nitrogens is 2. The number of anilines is 1. The highest BCUT2D eigenvalue weighted by atomic mass is 32.2. The Kier molecular flexibility index (Phi) is 6.61. The van der Waals surface area contributed by atoms with Crippen LogP contribution < -0.4 is 5.32 Å². The molecule has 1 aromatic rings. The van der Waals surface area contributed by atoms with Crippen molar-refractivity contribution in [3.63, 3.8) is 0 Å². The molecule has 0 aliphatic heterocycles. The van der Waals surface area contributed by atoms with E-state index in [1.165, 1.54) is 50.3 Å². The molecule has 0 unspecified atom stereocenters. The third kappa shape index (κ3) is 5.58. The Balaban J connectivity index is 1.50. The Labute approximate surface area is 159 Å². The number of hydrogen-bond acceptors (Lipinski definition) is 6. The van der Waals surface area contributed by atoms with Gasteiger partial charge in [-0.05, 0) is 50.4 Å². The molecule has 3 rings (SSSR count). The molecule has 0 atom stereocenters. The van der Waals surface area contributed by atoms with Crippen molar-refractivity contribution in [2.75, 3.05) is 17.6 Å². The topological polar surface area (TPSA) is 58.1 Å². The van der Waals surface area contributed by atoms with Crippen LogP contribution in [0, 0.1) is 11.8 Å². The van der Waals surface area contributed by atoms with E-state index in [1.54, 1.807) is 11.3 Å². The SMILES string of the molecule is CC(C)CNc1nnc(SCC(=O)N(C2CCC(C)CC2)C2CC2)s1. The molecule has 0 aromatic carbocycles. The zero-order valence-electron chi connectivity index (χ0n) is 15.5. The number of carbonyl (C=O) groups is 1. The minimum Gasteiger partial charge on any atom is -0.360 e. The third-order valence-corrected chi connectivity index (χ3v) is 6.99. The predicted octanol–water partition coefficient (Wildman–Crippen LogP) is 4.27. The van der Waals surface area contributed by atoms with Gasteiger partial charge in [0.15, 0.2) is 4.34 Å². The second-order valence-corrected chi connectivity index (χ2v) is 10.1. The highest BCUT2D eigenvalue weighted by Gasteiger charge is 2.38. The molecule has 5 nitrogen and oxygen atoms in total. The van der Waals surface area contributed by atoms with Crippen molar-refractivity contribution in [2.45, 2.75) is 75.7 Å². The number of nitrogens with one attached hydrogen (secondary N) is 1. The highest BCUT2D eigenvalue weighted by molar-refractivity contribution is 8.01. The summed E-state index contributed by atoms with van der Waals surface area (Å²) in [6.07, 6.45) is 7.24. The van der Waals surface area contributed by atoms with Gasteiger partial charge in [-0.25, -0.2) is 0 Å². The van der Waals surface area contributed by atoms with Gasteiger partial charge in [-0.3, -0.25) is 4.79 Å². The maximum atomic E-state index is 12.8. The molecule has 0 saturated heterocycles. The van der Waals surface area contributed by atoms with Gasteiger partial charge in [-0.1, -0.05) is 43.9 Å². The first-order valence-corrected chi connectivity index (χ1v) is 11.3. The Morgan fingerprint density at radius 2 is 1.84 bits per heavy atom. The van der Waals surface area contributed by atoms with Crippen molar-refractivity contribution in [1.82, 2.24) is 15.1 Å². The van der Waals surface area contributed by atoms with Gasteiger partial charge < -0.3 is 10.2 Å². The van der Waals surface area contributed by atoms with Crippen LogP contribution in [0.2, 0.25) is 0 Å². The molecular weight excluding hydrogens is 352 g/mol. The summed E-state index contributed by atoms with van der Waals surface area (Å²) in [4.78, 5) is 15.1. The fourth-order valence-corrected chi connectivity index (χ4v) is 5.04. The molecule has 2 aliphatic rings. The van der Waals surface area contributed by atoms with Crippen LogP contribution in [0.3, 0.4) is 0 Å². The molecule has 2 fully saturated rings. The summed E-state index contributed by atoms with van der Waals surface area (Å²) in [6.45, 7) is 7.56. The maximum absolute atomic E-state index is 12.8. The van der Waals surface area contributed by atoms with Crippen LogP contribution in [0.15, 0.2) is 4.34 Å². The van der Waals surface area contributed by atoms with Crippen molar-refractivity contribution in [1.29, 1.82) is 0 Å². The molecule has 140 valence electrons. The number of rotatable bonds is 8. The molecule has 2 saturated carbocycles. The molecule has 0 radical (unpaired) electrons. The van der Waals surface area contributed by atoms with E-state index in [2.05, 4.69) is 41.2 Å². The van der Waals surface area contributed by atoms with Crippen LogP contribution >= 0.6 is 23.1 Å². The molecule has 1 heterocycles. The molecule has 0 spiro atoms. The molecule has 7 heteroatoms. The predicted molar refractivity (Wildman–Crippen MR) is 105 cm³/mol. The molecule has 1 N–H and O–H groups in total. The first-order valence-electron chi connectivity index (χ1n) is 9.54. The van der Waals surface area contributed by atoms with E-state index < -0.39 is 0 Å². The minimum atomic E-state index is 0.291. The summed E-state index contributed by atoms with van der Waals surface area (Å²) < 4.78 is 0.882. The average molecular weight is 383 g/mol. The Hall–Kier alpha value is -0.820. The summed E-state index contributed by atoms with van der Waals surface area (Å²) in [6, 6.07) is 0.971. The lowest BCUT2D eigenvalue weighted by molar-refractivity contribution is -0.132. The van der Waals surface area contributed by atoms with Gasteiger partial charge in [-0.15, -0.1) is 10.2 Å². The van der Waals surface area contributed by atoms with Crippen molar-refractivity contribution in [3.05, 3.63) is 0 Å². The van der Waals surface area contributed by atoms with Gasteiger partial charge in [0.05, 0.1) is 5.75 Å². The number of carbonyl (C=O) groups excluding carboxylic acids is 1. The van der Waals surface area contributed by atoms with E-state index in [1.807, 2.05) is 0 Å². The van der Waals surface area contributed by atoms with E-state index in [9.17, 15) is 4.79 Å². The van der Waals surface area contributed by atoms with Gasteiger partial charge in [0.25, 0.3) is 0 Å². The maximum Gasteiger partial charge on any atom is 0.233 e. The molecule has 25 heavy (non-hydrogen) atoms. The zero-order chi connectivity index (χ0) is 17.8. The summed E-state index contributed by atoms with van der Waals surface area (Å²) in [7, 11) is 0. The van der Waals surface area contributed by atoms with Crippen molar-refractivity contribution < 1.29 is 4.79 Å². The average Bonchev–Trinajstić information content (AvgIpc) is 3.30. The molecular formula is C18H30N4OS2. The van der Waals surface area contributed by atoms with Crippen LogP contribution in [0.5, 0.6) is 0 Å². The number of hydrogen-bond donors (Lipinski definition) is 1. The summed E-state index contributed by atoms with van der Waals surface area (Å²) in [5, 5.41) is 12.5. The lowest BCUT2D eigenvalue weighted by Gasteiger charge is -2.36. The quantitative estimate of drug-likeness (QED) is 0.681. The van der Waals surface area contributed by atoms with Crippen molar-refractivity contribution in [3.8, 4) is 0 Å². The third-order valence-electron chi connectivity index (χ3n) is 4.99. The van der Waals surface area contributed by atoms with E-state index in [4.69, 9.17) is 0 Å². The number of thioether (sulfide) groups is 1. The van der Waals surface area contributed by atoms with Gasteiger partial charge >= 0.3 is 0 Å². The summed E-state index contributed by atoms with van der Waals surface area (Å²) in [5.41, 5.74) is 0. The van der Waals surface area contributed by atoms with E-state index in [0.29, 0.717) is 29.7 Å².